The first kappa shape index (κ1) is 23.7. The summed E-state index contributed by atoms with van der Waals surface area (Å²) in [6.07, 6.45) is 3.40. The highest BCUT2D eigenvalue weighted by Gasteiger charge is 2.24. The normalized spacial score (nSPS) is 11.7. The molecule has 0 spiro atoms. The molecule has 11 nitrogen and oxygen atoms in total. The summed E-state index contributed by atoms with van der Waals surface area (Å²) >= 11 is 0. The van der Waals surface area contributed by atoms with Crippen LogP contribution in [0.1, 0.15) is 16.7 Å². The van der Waals surface area contributed by atoms with E-state index in [2.05, 4.69) is 31.4 Å². The lowest BCUT2D eigenvalue weighted by Crippen LogP contribution is -2.37. The molecule has 178 valence electrons. The molecule has 2 N–H and O–H groups in total. The van der Waals surface area contributed by atoms with Crippen molar-refractivity contribution in [3.8, 4) is 17.6 Å². The number of carbonyl (C=O) groups excluding carboxylic acids is 1. The van der Waals surface area contributed by atoms with Gasteiger partial charge < -0.3 is 19.9 Å². The standard InChI is InChI=1S/C24H23N7O4/c1-15-3-6-21(26-11-15)30-23(33)20(13-34-8-7-32)35-24-18-12-29-31(22(18)27-14-28-24)19-9-17(10-25)5-4-16(19)2/h3-6,9,11-12,14,20,32H,7-8,13H2,1-2H3,(H,26,30,33). The van der Waals surface area contributed by atoms with Crippen molar-refractivity contribution in [3.05, 3.63) is 65.7 Å². The monoisotopic (exact) mass is 473 g/mol. The van der Waals surface area contributed by atoms with E-state index in [1.807, 2.05) is 26.0 Å². The molecular formula is C24H23N7O4. The van der Waals surface area contributed by atoms with Crippen LogP contribution in [0.5, 0.6) is 5.88 Å². The highest BCUT2D eigenvalue weighted by atomic mass is 16.5. The largest absolute Gasteiger partial charge is 0.461 e. The molecule has 35 heavy (non-hydrogen) atoms. The van der Waals surface area contributed by atoms with Gasteiger partial charge in [0.2, 0.25) is 12.0 Å². The Labute approximate surface area is 201 Å². The molecule has 1 aromatic carbocycles. The maximum absolute atomic E-state index is 13.0. The van der Waals surface area contributed by atoms with E-state index >= 15 is 0 Å². The Morgan fingerprint density at radius 2 is 2.06 bits per heavy atom. The summed E-state index contributed by atoms with van der Waals surface area (Å²) in [4.78, 5) is 25.7. The number of aryl methyl sites for hydroxylation is 2. The van der Waals surface area contributed by atoms with Gasteiger partial charge in [-0.15, -0.1) is 0 Å². The van der Waals surface area contributed by atoms with Gasteiger partial charge in [0.05, 0.1) is 43.3 Å². The van der Waals surface area contributed by atoms with E-state index in [-0.39, 0.29) is 25.7 Å². The lowest BCUT2D eigenvalue weighted by atomic mass is 10.1. The van der Waals surface area contributed by atoms with Crippen molar-refractivity contribution in [3.63, 3.8) is 0 Å². The third-order valence-corrected chi connectivity index (χ3v) is 5.11. The smallest absolute Gasteiger partial charge is 0.269 e. The molecule has 1 amide bonds. The maximum atomic E-state index is 13.0. The van der Waals surface area contributed by atoms with Crippen LogP contribution in [-0.4, -0.2) is 61.7 Å². The predicted molar refractivity (Wildman–Crippen MR) is 126 cm³/mol. The zero-order valence-corrected chi connectivity index (χ0v) is 19.2. The van der Waals surface area contributed by atoms with Crippen LogP contribution in [0.2, 0.25) is 0 Å². The van der Waals surface area contributed by atoms with E-state index in [1.165, 1.54) is 12.5 Å². The van der Waals surface area contributed by atoms with Crippen molar-refractivity contribution in [2.24, 2.45) is 0 Å². The number of carbonyl (C=O) groups is 1. The molecule has 3 heterocycles. The van der Waals surface area contributed by atoms with Gasteiger partial charge in [-0.2, -0.15) is 10.4 Å². The summed E-state index contributed by atoms with van der Waals surface area (Å²) in [5, 5.41) is 25.9. The Balaban J connectivity index is 1.64. The highest BCUT2D eigenvalue weighted by molar-refractivity contribution is 5.94. The lowest BCUT2D eigenvalue weighted by Gasteiger charge is -2.18. The Hall–Kier alpha value is -4.40. The Kier molecular flexibility index (Phi) is 7.25. The second-order valence-corrected chi connectivity index (χ2v) is 7.70. The zero-order valence-electron chi connectivity index (χ0n) is 19.2. The van der Waals surface area contributed by atoms with Crippen LogP contribution >= 0.6 is 0 Å². The number of amides is 1. The number of aliphatic hydroxyl groups is 1. The molecule has 0 fully saturated rings. The number of hydrogen-bond donors (Lipinski definition) is 2. The molecule has 0 saturated heterocycles. The average Bonchev–Trinajstić information content (AvgIpc) is 3.30. The first-order valence-corrected chi connectivity index (χ1v) is 10.8. The van der Waals surface area contributed by atoms with Crippen LogP contribution in [0.3, 0.4) is 0 Å². The molecule has 1 atom stereocenters. The Bertz CT molecular complexity index is 1380. The van der Waals surface area contributed by atoms with Gasteiger partial charge in [0.1, 0.15) is 17.5 Å². The lowest BCUT2D eigenvalue weighted by molar-refractivity contribution is -0.125. The Morgan fingerprint density at radius 1 is 1.20 bits per heavy atom. The zero-order chi connectivity index (χ0) is 24.8. The summed E-state index contributed by atoms with van der Waals surface area (Å²) in [6, 6.07) is 10.9. The van der Waals surface area contributed by atoms with Crippen LogP contribution in [-0.2, 0) is 9.53 Å². The van der Waals surface area contributed by atoms with Crippen LogP contribution in [0.4, 0.5) is 5.82 Å². The molecule has 0 radical (unpaired) electrons. The minimum Gasteiger partial charge on any atom is -0.461 e. The van der Waals surface area contributed by atoms with Gasteiger partial charge in [-0.05, 0) is 43.2 Å². The van der Waals surface area contributed by atoms with Crippen molar-refractivity contribution in [1.29, 1.82) is 5.26 Å². The third kappa shape index (κ3) is 5.40. The fraction of sp³-hybridized carbons (Fsp3) is 0.250. The molecule has 11 heteroatoms. The highest BCUT2D eigenvalue weighted by Crippen LogP contribution is 2.26. The number of hydrogen-bond acceptors (Lipinski definition) is 9. The number of nitrogens with one attached hydrogen (secondary N) is 1. The second-order valence-electron chi connectivity index (χ2n) is 7.70. The van der Waals surface area contributed by atoms with Crippen LogP contribution < -0.4 is 10.1 Å². The number of fused-ring (bicyclic) bond motifs is 1. The Morgan fingerprint density at radius 3 is 2.80 bits per heavy atom. The van der Waals surface area contributed by atoms with E-state index in [4.69, 9.17) is 14.6 Å². The molecule has 0 saturated carbocycles. The first-order valence-electron chi connectivity index (χ1n) is 10.8. The number of rotatable bonds is 9. The van der Waals surface area contributed by atoms with Gasteiger partial charge in [0.15, 0.2) is 5.65 Å². The topological polar surface area (TPSA) is 148 Å². The number of pyridine rings is 1. The second kappa shape index (κ2) is 10.7. The molecule has 4 aromatic rings. The van der Waals surface area contributed by atoms with Crippen molar-refractivity contribution >= 4 is 22.8 Å². The minimum atomic E-state index is -1.09. The van der Waals surface area contributed by atoms with E-state index in [0.29, 0.717) is 28.1 Å². The van der Waals surface area contributed by atoms with E-state index in [1.54, 1.807) is 29.1 Å². The molecule has 0 aliphatic rings. The summed E-state index contributed by atoms with van der Waals surface area (Å²) in [5.41, 5.74) is 3.48. The average molecular weight is 473 g/mol. The van der Waals surface area contributed by atoms with Crippen molar-refractivity contribution < 1.29 is 19.4 Å². The van der Waals surface area contributed by atoms with Crippen LogP contribution in [0, 0.1) is 25.2 Å². The molecule has 1 unspecified atom stereocenters. The van der Waals surface area contributed by atoms with Crippen molar-refractivity contribution in [2.45, 2.75) is 20.0 Å². The predicted octanol–water partition coefficient (Wildman–Crippen LogP) is 2.09. The summed E-state index contributed by atoms with van der Waals surface area (Å²) in [7, 11) is 0. The van der Waals surface area contributed by atoms with Gasteiger partial charge in [0, 0.05) is 6.20 Å². The van der Waals surface area contributed by atoms with E-state index < -0.39 is 12.0 Å². The van der Waals surface area contributed by atoms with Gasteiger partial charge in [-0.1, -0.05) is 12.1 Å². The fourth-order valence-corrected chi connectivity index (χ4v) is 3.30. The maximum Gasteiger partial charge on any atom is 0.269 e. The van der Waals surface area contributed by atoms with E-state index in [0.717, 1.165) is 11.1 Å². The van der Waals surface area contributed by atoms with Gasteiger partial charge in [0.25, 0.3) is 5.91 Å². The van der Waals surface area contributed by atoms with Gasteiger partial charge in [-0.25, -0.2) is 19.6 Å². The number of aromatic nitrogens is 5. The fourth-order valence-electron chi connectivity index (χ4n) is 3.30. The number of nitriles is 1. The van der Waals surface area contributed by atoms with Gasteiger partial charge in [-0.3, -0.25) is 4.79 Å². The molecule has 4 rings (SSSR count). The minimum absolute atomic E-state index is 0.0432. The van der Waals surface area contributed by atoms with Crippen LogP contribution in [0.25, 0.3) is 16.7 Å². The number of ether oxygens (including phenoxy) is 2. The molecule has 0 aliphatic heterocycles. The number of aliphatic hydroxyl groups excluding tert-OH is 1. The quantitative estimate of drug-likeness (QED) is 0.349. The number of nitrogens with zero attached hydrogens (tertiary/aromatic N) is 6. The number of anilines is 1. The molecule has 3 aromatic heterocycles. The number of benzene rings is 1. The van der Waals surface area contributed by atoms with Crippen molar-refractivity contribution in [2.75, 3.05) is 25.1 Å². The van der Waals surface area contributed by atoms with E-state index in [9.17, 15) is 10.1 Å². The first-order chi connectivity index (χ1) is 17.0. The van der Waals surface area contributed by atoms with Crippen molar-refractivity contribution in [1.82, 2.24) is 24.7 Å². The summed E-state index contributed by atoms with van der Waals surface area (Å²) in [5.74, 6) is 0.0147. The molecule has 0 aliphatic carbocycles. The molecule has 0 bridgehead atoms. The third-order valence-electron chi connectivity index (χ3n) is 5.11. The molecular weight excluding hydrogens is 450 g/mol. The summed E-state index contributed by atoms with van der Waals surface area (Å²) < 4.78 is 12.9. The summed E-state index contributed by atoms with van der Waals surface area (Å²) in [6.45, 7) is 3.52. The van der Waals surface area contributed by atoms with Crippen LogP contribution in [0.15, 0.2) is 49.1 Å². The van der Waals surface area contributed by atoms with Gasteiger partial charge >= 0.3 is 0 Å². The SMILES string of the molecule is Cc1ccc(NC(=O)C(COCCO)Oc2ncnc3c2cnn3-c2cc(C#N)ccc2C)nc1.